The van der Waals surface area contributed by atoms with E-state index in [9.17, 15) is 13.6 Å². The van der Waals surface area contributed by atoms with Crippen LogP contribution < -0.4 is 11.1 Å². The van der Waals surface area contributed by atoms with Gasteiger partial charge in [-0.05, 0) is 37.3 Å². The van der Waals surface area contributed by atoms with E-state index < -0.39 is 17.5 Å². The van der Waals surface area contributed by atoms with Gasteiger partial charge in [-0.25, -0.2) is 8.78 Å². The molecule has 0 saturated carbocycles. The predicted octanol–water partition coefficient (Wildman–Crippen LogP) is 3.76. The number of hydrogen-bond acceptors (Lipinski definition) is 2. The zero-order chi connectivity index (χ0) is 14.9. The summed E-state index contributed by atoms with van der Waals surface area (Å²) in [4.78, 5) is 12.0. The Labute approximate surface area is 119 Å². The lowest BCUT2D eigenvalue weighted by atomic mass is 10.1. The summed E-state index contributed by atoms with van der Waals surface area (Å²) in [6.45, 7) is 1.51. The molecule has 104 valence electrons. The van der Waals surface area contributed by atoms with Crippen molar-refractivity contribution in [3.05, 3.63) is 58.1 Å². The molecule has 0 aliphatic carbocycles. The number of amides is 1. The maximum Gasteiger partial charge on any atom is 0.255 e. The number of rotatable bonds is 2. The van der Waals surface area contributed by atoms with Crippen molar-refractivity contribution in [3.63, 3.8) is 0 Å². The molecule has 6 heteroatoms. The van der Waals surface area contributed by atoms with E-state index in [1.165, 1.54) is 25.1 Å². The standard InChI is InChI=1S/C14H11ClF2N2O/c1-7-11(17)4-8(5-12(7)18)14(20)19-13-6-9(16)2-3-10(13)15/h2-6H,18H2,1H3,(H,19,20). The molecular formula is C14H11ClF2N2O. The molecule has 0 radical (unpaired) electrons. The average Bonchev–Trinajstić information content (AvgIpc) is 2.39. The van der Waals surface area contributed by atoms with Crippen molar-refractivity contribution < 1.29 is 13.6 Å². The Hall–Kier alpha value is -2.14. The summed E-state index contributed by atoms with van der Waals surface area (Å²) in [5, 5.41) is 2.59. The molecule has 1 amide bonds. The number of carbonyl (C=O) groups is 1. The van der Waals surface area contributed by atoms with Crippen LogP contribution in [-0.4, -0.2) is 5.91 Å². The second-order valence-corrected chi connectivity index (χ2v) is 4.66. The number of halogens is 3. The lowest BCUT2D eigenvalue weighted by Gasteiger charge is -2.09. The minimum absolute atomic E-state index is 0.0333. The van der Waals surface area contributed by atoms with Crippen LogP contribution in [0.2, 0.25) is 5.02 Å². The van der Waals surface area contributed by atoms with Gasteiger partial charge in [0.25, 0.3) is 5.91 Å². The minimum Gasteiger partial charge on any atom is -0.398 e. The highest BCUT2D eigenvalue weighted by Crippen LogP contribution is 2.24. The van der Waals surface area contributed by atoms with Crippen molar-refractivity contribution in [2.75, 3.05) is 11.1 Å². The molecule has 0 unspecified atom stereocenters. The lowest BCUT2D eigenvalue weighted by Crippen LogP contribution is -2.13. The van der Waals surface area contributed by atoms with Crippen molar-refractivity contribution in [3.8, 4) is 0 Å². The zero-order valence-corrected chi connectivity index (χ0v) is 11.3. The molecule has 0 aliphatic heterocycles. The number of hydrogen-bond donors (Lipinski definition) is 2. The molecule has 0 bridgehead atoms. The van der Waals surface area contributed by atoms with Gasteiger partial charge in [-0.3, -0.25) is 4.79 Å². The molecule has 0 aliphatic rings. The van der Waals surface area contributed by atoms with Crippen LogP contribution in [0.3, 0.4) is 0 Å². The Morgan fingerprint density at radius 3 is 2.60 bits per heavy atom. The van der Waals surface area contributed by atoms with Crippen LogP contribution in [-0.2, 0) is 0 Å². The maximum absolute atomic E-state index is 13.5. The van der Waals surface area contributed by atoms with E-state index >= 15 is 0 Å². The molecule has 0 fully saturated rings. The normalized spacial score (nSPS) is 10.4. The van der Waals surface area contributed by atoms with Gasteiger partial charge in [0.15, 0.2) is 0 Å². The summed E-state index contributed by atoms with van der Waals surface area (Å²) >= 11 is 5.84. The fourth-order valence-electron chi connectivity index (χ4n) is 1.62. The molecular weight excluding hydrogens is 286 g/mol. The van der Waals surface area contributed by atoms with Gasteiger partial charge in [0.2, 0.25) is 0 Å². The van der Waals surface area contributed by atoms with Crippen LogP contribution >= 0.6 is 11.6 Å². The predicted molar refractivity (Wildman–Crippen MR) is 74.9 cm³/mol. The summed E-state index contributed by atoms with van der Waals surface area (Å²) in [5.74, 6) is -1.75. The maximum atomic E-state index is 13.5. The molecule has 2 aromatic carbocycles. The molecule has 0 spiro atoms. The SMILES string of the molecule is Cc1c(N)cc(C(=O)Nc2cc(F)ccc2Cl)cc1F. The molecule has 0 saturated heterocycles. The van der Waals surface area contributed by atoms with E-state index in [2.05, 4.69) is 5.32 Å². The monoisotopic (exact) mass is 296 g/mol. The van der Waals surface area contributed by atoms with E-state index in [0.29, 0.717) is 0 Å². The Kier molecular flexibility index (Phi) is 3.90. The first kappa shape index (κ1) is 14.3. The molecule has 0 aromatic heterocycles. The van der Waals surface area contributed by atoms with Gasteiger partial charge in [-0.15, -0.1) is 0 Å². The van der Waals surface area contributed by atoms with Crippen molar-refractivity contribution in [2.24, 2.45) is 0 Å². The van der Waals surface area contributed by atoms with Crippen LogP contribution in [0.25, 0.3) is 0 Å². The van der Waals surface area contributed by atoms with Crippen LogP contribution in [0.4, 0.5) is 20.2 Å². The summed E-state index contributed by atoms with van der Waals surface area (Å²) in [5.41, 5.74) is 6.18. The van der Waals surface area contributed by atoms with Crippen LogP contribution in [0.1, 0.15) is 15.9 Å². The topological polar surface area (TPSA) is 55.1 Å². The van der Waals surface area contributed by atoms with Gasteiger partial charge in [-0.1, -0.05) is 11.6 Å². The molecule has 3 N–H and O–H groups in total. The summed E-state index contributed by atoms with van der Waals surface area (Å²) in [7, 11) is 0. The summed E-state index contributed by atoms with van der Waals surface area (Å²) in [6.07, 6.45) is 0. The summed E-state index contributed by atoms with van der Waals surface area (Å²) in [6, 6.07) is 5.97. The van der Waals surface area contributed by atoms with E-state index in [4.69, 9.17) is 17.3 Å². The van der Waals surface area contributed by atoms with Gasteiger partial charge in [-0.2, -0.15) is 0 Å². The Bertz CT molecular complexity index is 666. The molecule has 0 atom stereocenters. The van der Waals surface area contributed by atoms with Crippen molar-refractivity contribution in [1.82, 2.24) is 0 Å². The number of nitrogens with one attached hydrogen (secondary N) is 1. The average molecular weight is 297 g/mol. The van der Waals surface area contributed by atoms with Crippen LogP contribution in [0, 0.1) is 18.6 Å². The quantitative estimate of drug-likeness (QED) is 0.829. The minimum atomic E-state index is -0.622. The van der Waals surface area contributed by atoms with Gasteiger partial charge >= 0.3 is 0 Å². The number of nitrogens with two attached hydrogens (primary N) is 1. The first-order valence-corrected chi connectivity index (χ1v) is 6.08. The second kappa shape index (κ2) is 5.46. The fourth-order valence-corrected chi connectivity index (χ4v) is 1.78. The van der Waals surface area contributed by atoms with E-state index in [1.54, 1.807) is 0 Å². The smallest absolute Gasteiger partial charge is 0.255 e. The number of anilines is 2. The Morgan fingerprint density at radius 1 is 1.25 bits per heavy atom. The third-order valence-electron chi connectivity index (χ3n) is 2.82. The van der Waals surface area contributed by atoms with Gasteiger partial charge in [0.1, 0.15) is 11.6 Å². The van der Waals surface area contributed by atoms with Crippen LogP contribution in [0.5, 0.6) is 0 Å². The Morgan fingerprint density at radius 2 is 1.95 bits per heavy atom. The van der Waals surface area contributed by atoms with Gasteiger partial charge in [0, 0.05) is 16.8 Å². The van der Waals surface area contributed by atoms with E-state index in [-0.39, 0.29) is 27.5 Å². The molecule has 20 heavy (non-hydrogen) atoms. The van der Waals surface area contributed by atoms with E-state index in [0.717, 1.165) is 12.1 Å². The van der Waals surface area contributed by atoms with Crippen LogP contribution in [0.15, 0.2) is 30.3 Å². The second-order valence-electron chi connectivity index (χ2n) is 4.25. The van der Waals surface area contributed by atoms with Crippen molar-refractivity contribution >= 4 is 28.9 Å². The first-order valence-electron chi connectivity index (χ1n) is 5.70. The van der Waals surface area contributed by atoms with Crippen molar-refractivity contribution in [2.45, 2.75) is 6.92 Å². The van der Waals surface area contributed by atoms with E-state index in [1.807, 2.05) is 0 Å². The number of nitrogen functional groups attached to an aromatic ring is 1. The first-order chi connectivity index (χ1) is 9.38. The third kappa shape index (κ3) is 2.88. The number of benzene rings is 2. The molecule has 0 heterocycles. The summed E-state index contributed by atoms with van der Waals surface area (Å²) < 4.78 is 26.6. The molecule has 2 aromatic rings. The molecule has 2 rings (SSSR count). The van der Waals surface area contributed by atoms with Crippen molar-refractivity contribution in [1.29, 1.82) is 0 Å². The largest absolute Gasteiger partial charge is 0.398 e. The zero-order valence-electron chi connectivity index (χ0n) is 10.5. The molecule has 3 nitrogen and oxygen atoms in total. The highest BCUT2D eigenvalue weighted by Gasteiger charge is 2.13. The highest BCUT2D eigenvalue weighted by atomic mass is 35.5. The third-order valence-corrected chi connectivity index (χ3v) is 3.15. The Balaban J connectivity index is 2.31. The highest BCUT2D eigenvalue weighted by molar-refractivity contribution is 6.33. The fraction of sp³-hybridized carbons (Fsp3) is 0.0714. The van der Waals surface area contributed by atoms with Gasteiger partial charge < -0.3 is 11.1 Å². The van der Waals surface area contributed by atoms with Gasteiger partial charge in [0.05, 0.1) is 10.7 Å². The lowest BCUT2D eigenvalue weighted by molar-refractivity contribution is 0.102. The number of carbonyl (C=O) groups excluding carboxylic acids is 1.